The fraction of sp³-hybridized carbons (Fsp3) is 1.00. The van der Waals surface area contributed by atoms with E-state index in [1.807, 2.05) is 0 Å². The van der Waals surface area contributed by atoms with Crippen LogP contribution < -0.4 is 0 Å². The molecule has 0 aromatic heterocycles. The van der Waals surface area contributed by atoms with E-state index in [0.29, 0.717) is 0 Å². The molecule has 0 N–H and O–H groups in total. The smallest absolute Gasteiger partial charge is 0.0575 e. The zero-order chi connectivity index (χ0) is 8.32. The van der Waals surface area contributed by atoms with Crippen LogP contribution in [0.2, 0.25) is 0 Å². The van der Waals surface area contributed by atoms with Crippen LogP contribution in [0.1, 0.15) is 23.4 Å². The third-order valence-corrected chi connectivity index (χ3v) is 1.44. The van der Waals surface area contributed by atoms with Crippen molar-refractivity contribution in [3.05, 3.63) is 0 Å². The first-order valence-corrected chi connectivity index (χ1v) is 3.02. The quantitative estimate of drug-likeness (QED) is 0.510. The van der Waals surface area contributed by atoms with Crippen molar-refractivity contribution in [1.29, 1.82) is 0 Å². The molecule has 0 saturated carbocycles. The summed E-state index contributed by atoms with van der Waals surface area (Å²) in [6, 6.07) is 0. The van der Waals surface area contributed by atoms with Crippen molar-refractivity contribution in [3.8, 4) is 0 Å². The van der Waals surface area contributed by atoms with E-state index >= 15 is 0 Å². The first-order valence-electron chi connectivity index (χ1n) is 4.52. The molecular weight excluding hydrogens is 102 g/mol. The van der Waals surface area contributed by atoms with Gasteiger partial charge >= 0.3 is 0 Å². The molecule has 1 saturated heterocycles. The van der Waals surface area contributed by atoms with E-state index in [4.69, 9.17) is 8.95 Å². The highest BCUT2D eigenvalue weighted by atomic mass is 16.7. The SMILES string of the molecule is [2H]C([2H])([2H])ON1CCCCC1. The van der Waals surface area contributed by atoms with E-state index in [9.17, 15) is 0 Å². The zero-order valence-corrected chi connectivity index (χ0v) is 4.89. The Labute approximate surface area is 54.6 Å². The Morgan fingerprint density at radius 2 is 2.12 bits per heavy atom. The first kappa shape index (κ1) is 3.18. The van der Waals surface area contributed by atoms with Gasteiger partial charge in [-0.05, 0) is 12.8 Å². The minimum absolute atomic E-state index is 0.748. The van der Waals surface area contributed by atoms with Crippen LogP contribution in [0.15, 0.2) is 0 Å². The van der Waals surface area contributed by atoms with Gasteiger partial charge in [0.1, 0.15) is 0 Å². The second-order valence-electron chi connectivity index (χ2n) is 2.08. The molecule has 0 aliphatic carbocycles. The Kier molecular flexibility index (Phi) is 1.21. The highest BCUT2D eigenvalue weighted by molar-refractivity contribution is 4.55. The van der Waals surface area contributed by atoms with E-state index in [2.05, 4.69) is 0 Å². The summed E-state index contributed by atoms with van der Waals surface area (Å²) in [4.78, 5) is 4.71. The molecule has 0 atom stereocenters. The number of hydroxylamine groups is 2. The van der Waals surface area contributed by atoms with Gasteiger partial charge in [0, 0.05) is 13.1 Å². The Balaban J connectivity index is 2.24. The summed E-state index contributed by atoms with van der Waals surface area (Å²) in [6.45, 7) is 1.50. The van der Waals surface area contributed by atoms with E-state index in [0.717, 1.165) is 25.9 Å². The number of hydrogen-bond acceptors (Lipinski definition) is 2. The van der Waals surface area contributed by atoms with Crippen LogP contribution in [0, 0.1) is 0 Å². The van der Waals surface area contributed by atoms with Gasteiger partial charge in [-0.1, -0.05) is 6.42 Å². The Bertz CT molecular complexity index is 119. The standard InChI is InChI=1S/C6H13NO/c1-8-7-5-3-2-4-6-7/h2-6H2,1H3/i1D3. The molecule has 2 nitrogen and oxygen atoms in total. The van der Waals surface area contributed by atoms with Gasteiger partial charge in [-0.15, -0.1) is 0 Å². The first-order chi connectivity index (χ1) is 5.08. The molecule has 1 fully saturated rings. The lowest BCUT2D eigenvalue weighted by molar-refractivity contribution is -0.141. The fourth-order valence-corrected chi connectivity index (χ4v) is 0.956. The summed E-state index contributed by atoms with van der Waals surface area (Å²) in [5.74, 6) is 0. The normalized spacial score (nSPS) is 30.8. The molecule has 0 aromatic rings. The minimum Gasteiger partial charge on any atom is -0.302 e. The lowest BCUT2D eigenvalue weighted by atomic mass is 10.2. The molecule has 0 amide bonds. The second-order valence-corrected chi connectivity index (χ2v) is 2.08. The van der Waals surface area contributed by atoms with Crippen molar-refractivity contribution in [1.82, 2.24) is 5.06 Å². The molecule has 0 radical (unpaired) electrons. The van der Waals surface area contributed by atoms with Gasteiger partial charge in [0.05, 0.1) is 11.2 Å². The summed E-state index contributed by atoms with van der Waals surface area (Å²) in [5, 5.41) is 1.54. The van der Waals surface area contributed by atoms with Gasteiger partial charge in [-0.2, -0.15) is 5.06 Å². The maximum atomic E-state index is 6.84. The molecule has 2 heteroatoms. The monoisotopic (exact) mass is 118 g/mol. The summed E-state index contributed by atoms with van der Waals surface area (Å²) in [7, 11) is -2.27. The molecule has 0 spiro atoms. The van der Waals surface area contributed by atoms with Crippen molar-refractivity contribution < 1.29 is 8.95 Å². The fourth-order valence-electron chi connectivity index (χ4n) is 0.956. The summed E-state index contributed by atoms with van der Waals surface area (Å²) in [5.41, 5.74) is 0. The van der Waals surface area contributed by atoms with Gasteiger partial charge < -0.3 is 4.84 Å². The number of nitrogens with zero attached hydrogens (tertiary/aromatic N) is 1. The number of rotatable bonds is 1. The summed E-state index contributed by atoms with van der Waals surface area (Å²) in [6.07, 6.45) is 3.26. The van der Waals surface area contributed by atoms with Crippen LogP contribution in [0.4, 0.5) is 0 Å². The van der Waals surface area contributed by atoms with Crippen molar-refractivity contribution >= 4 is 0 Å². The van der Waals surface area contributed by atoms with Gasteiger partial charge in [0.25, 0.3) is 0 Å². The predicted octanol–water partition coefficient (Wildman–Crippen LogP) is 1.03. The van der Waals surface area contributed by atoms with Gasteiger partial charge in [-0.3, -0.25) is 0 Å². The molecule has 0 aromatic carbocycles. The Morgan fingerprint density at radius 1 is 1.38 bits per heavy atom. The Morgan fingerprint density at radius 3 is 2.75 bits per heavy atom. The van der Waals surface area contributed by atoms with Crippen LogP contribution in [0.5, 0.6) is 0 Å². The molecule has 1 aliphatic rings. The van der Waals surface area contributed by atoms with E-state index in [1.165, 1.54) is 11.5 Å². The van der Waals surface area contributed by atoms with Crippen LogP contribution in [-0.2, 0) is 4.84 Å². The maximum Gasteiger partial charge on any atom is 0.0575 e. The molecule has 48 valence electrons. The van der Waals surface area contributed by atoms with Crippen LogP contribution in [0.25, 0.3) is 0 Å². The topological polar surface area (TPSA) is 12.5 Å². The van der Waals surface area contributed by atoms with Crippen molar-refractivity contribution in [2.24, 2.45) is 0 Å². The highest BCUT2D eigenvalue weighted by Gasteiger charge is 2.06. The Hall–Kier alpha value is -0.0800. The molecule has 1 heterocycles. The predicted molar refractivity (Wildman–Crippen MR) is 32.4 cm³/mol. The van der Waals surface area contributed by atoms with Crippen LogP contribution in [-0.4, -0.2) is 25.2 Å². The van der Waals surface area contributed by atoms with Crippen molar-refractivity contribution in [3.63, 3.8) is 0 Å². The highest BCUT2D eigenvalue weighted by Crippen LogP contribution is 2.07. The third kappa shape index (κ3) is 1.46. The zero-order valence-electron chi connectivity index (χ0n) is 7.89. The van der Waals surface area contributed by atoms with Crippen molar-refractivity contribution in [2.75, 3.05) is 20.1 Å². The minimum atomic E-state index is -2.27. The molecule has 0 unspecified atom stereocenters. The second kappa shape index (κ2) is 3.05. The largest absolute Gasteiger partial charge is 0.302 e. The molecule has 8 heavy (non-hydrogen) atoms. The van der Waals surface area contributed by atoms with Gasteiger partial charge in [0.15, 0.2) is 0 Å². The average molecular weight is 118 g/mol. The molecule has 1 rings (SSSR count). The van der Waals surface area contributed by atoms with Gasteiger partial charge in [0.2, 0.25) is 0 Å². The molecular formula is C6H13NO. The maximum absolute atomic E-state index is 6.84. The van der Waals surface area contributed by atoms with Crippen LogP contribution >= 0.6 is 0 Å². The lowest BCUT2D eigenvalue weighted by Crippen LogP contribution is -2.28. The van der Waals surface area contributed by atoms with E-state index < -0.39 is 7.04 Å². The molecule has 1 aliphatic heterocycles. The third-order valence-electron chi connectivity index (χ3n) is 1.44. The van der Waals surface area contributed by atoms with Crippen molar-refractivity contribution in [2.45, 2.75) is 19.3 Å². The number of piperidine rings is 1. The van der Waals surface area contributed by atoms with Gasteiger partial charge in [-0.25, -0.2) is 0 Å². The van der Waals surface area contributed by atoms with E-state index in [1.54, 1.807) is 0 Å². The lowest BCUT2D eigenvalue weighted by Gasteiger charge is -2.23. The molecule has 0 bridgehead atoms. The summed E-state index contributed by atoms with van der Waals surface area (Å²) >= 11 is 0. The summed E-state index contributed by atoms with van der Waals surface area (Å²) < 4.78 is 20.5. The van der Waals surface area contributed by atoms with Crippen LogP contribution in [0.3, 0.4) is 0 Å². The van der Waals surface area contributed by atoms with E-state index in [-0.39, 0.29) is 0 Å². The number of hydrogen-bond donors (Lipinski definition) is 0. The average Bonchev–Trinajstić information content (AvgIpc) is 1.85.